The van der Waals surface area contributed by atoms with E-state index >= 15 is 0 Å². The topological polar surface area (TPSA) is 60.1 Å². The smallest absolute Gasteiger partial charge is 0.248 e. The number of fused-ring (bicyclic) bond motifs is 1. The number of para-hydroxylation sites is 2. The molecule has 5 nitrogen and oxygen atoms in total. The molecule has 0 bridgehead atoms. The zero-order valence-corrected chi connectivity index (χ0v) is 16.8. The van der Waals surface area contributed by atoms with E-state index in [0.29, 0.717) is 0 Å². The van der Waals surface area contributed by atoms with Crippen LogP contribution < -0.4 is 5.32 Å². The van der Waals surface area contributed by atoms with Crippen molar-refractivity contribution < 1.29 is 9.21 Å². The number of nitrogens with one attached hydrogen (secondary N) is 1. The third-order valence-corrected chi connectivity index (χ3v) is 4.97. The van der Waals surface area contributed by atoms with Crippen LogP contribution in [0.2, 0.25) is 0 Å². The van der Waals surface area contributed by atoms with Gasteiger partial charge in [-0.05, 0) is 38.1 Å². The highest BCUT2D eigenvalue weighted by Gasteiger charge is 2.15. The second-order valence-electron chi connectivity index (χ2n) is 6.90. The van der Waals surface area contributed by atoms with Crippen LogP contribution in [-0.4, -0.2) is 15.7 Å². The van der Waals surface area contributed by atoms with Crippen molar-refractivity contribution in [2.75, 3.05) is 5.32 Å². The van der Waals surface area contributed by atoms with Gasteiger partial charge in [0.1, 0.15) is 11.3 Å². The van der Waals surface area contributed by atoms with Crippen molar-refractivity contribution >= 4 is 28.6 Å². The van der Waals surface area contributed by atoms with Crippen molar-refractivity contribution in [3.8, 4) is 5.69 Å². The van der Waals surface area contributed by atoms with Gasteiger partial charge in [0.25, 0.3) is 0 Å². The van der Waals surface area contributed by atoms with Gasteiger partial charge in [-0.2, -0.15) is 5.10 Å². The average molecular weight is 385 g/mol. The highest BCUT2D eigenvalue weighted by Crippen LogP contribution is 2.28. The molecule has 0 atom stereocenters. The molecule has 4 aromatic rings. The molecule has 1 N–H and O–H groups in total. The Balaban J connectivity index is 1.59. The number of nitrogens with zero attached hydrogens (tertiary/aromatic N) is 2. The van der Waals surface area contributed by atoms with Crippen molar-refractivity contribution in [1.82, 2.24) is 9.78 Å². The zero-order chi connectivity index (χ0) is 20.4. The molecule has 2 aromatic heterocycles. The molecular formula is C24H23N3O2. The summed E-state index contributed by atoms with van der Waals surface area (Å²) in [5.74, 6) is 0.677. The van der Waals surface area contributed by atoms with Gasteiger partial charge in [0.15, 0.2) is 0 Å². The van der Waals surface area contributed by atoms with Crippen LogP contribution in [0.3, 0.4) is 0 Å². The fourth-order valence-electron chi connectivity index (χ4n) is 3.53. The number of amides is 1. The summed E-state index contributed by atoms with van der Waals surface area (Å²) in [5.41, 5.74) is 5.14. The third-order valence-electron chi connectivity index (χ3n) is 4.97. The lowest BCUT2D eigenvalue weighted by molar-refractivity contribution is -0.111. The Bertz CT molecular complexity index is 1200. The van der Waals surface area contributed by atoms with Crippen LogP contribution >= 0.6 is 0 Å². The lowest BCUT2D eigenvalue weighted by Gasteiger charge is -2.05. The number of rotatable bonds is 5. The number of aryl methyl sites for hydroxylation is 2. The molecule has 0 saturated carbocycles. The van der Waals surface area contributed by atoms with Crippen molar-refractivity contribution in [2.24, 2.45) is 0 Å². The van der Waals surface area contributed by atoms with E-state index in [1.54, 1.807) is 6.08 Å². The van der Waals surface area contributed by atoms with Crippen molar-refractivity contribution in [3.05, 3.63) is 83.4 Å². The summed E-state index contributed by atoms with van der Waals surface area (Å²) in [6.07, 6.45) is 4.14. The minimum atomic E-state index is -0.198. The predicted molar refractivity (Wildman–Crippen MR) is 116 cm³/mol. The van der Waals surface area contributed by atoms with E-state index in [-0.39, 0.29) is 5.91 Å². The first-order valence-corrected chi connectivity index (χ1v) is 9.69. The fourth-order valence-corrected chi connectivity index (χ4v) is 3.53. The second-order valence-corrected chi connectivity index (χ2v) is 6.90. The van der Waals surface area contributed by atoms with Crippen LogP contribution in [0, 0.1) is 13.8 Å². The summed E-state index contributed by atoms with van der Waals surface area (Å²) in [5, 5.41) is 8.56. The SMILES string of the molecule is CCc1oc2ccccc2c1/C=C/C(=O)Nc1c(C)nn(-c2ccccc2)c1C. The molecule has 0 aliphatic heterocycles. The molecule has 5 heteroatoms. The van der Waals surface area contributed by atoms with Gasteiger partial charge in [0.2, 0.25) is 5.91 Å². The summed E-state index contributed by atoms with van der Waals surface area (Å²) in [7, 11) is 0. The zero-order valence-electron chi connectivity index (χ0n) is 16.8. The summed E-state index contributed by atoms with van der Waals surface area (Å²) in [4.78, 5) is 12.6. The maximum Gasteiger partial charge on any atom is 0.248 e. The van der Waals surface area contributed by atoms with Crippen molar-refractivity contribution in [1.29, 1.82) is 0 Å². The fraction of sp³-hybridized carbons (Fsp3) is 0.167. The van der Waals surface area contributed by atoms with E-state index in [4.69, 9.17) is 4.42 Å². The van der Waals surface area contributed by atoms with Gasteiger partial charge in [0.05, 0.1) is 22.8 Å². The summed E-state index contributed by atoms with van der Waals surface area (Å²) < 4.78 is 7.73. The Labute approximate surface area is 169 Å². The minimum absolute atomic E-state index is 0.198. The highest BCUT2D eigenvalue weighted by atomic mass is 16.3. The summed E-state index contributed by atoms with van der Waals surface area (Å²) in [6, 6.07) is 17.7. The molecule has 146 valence electrons. The molecule has 4 rings (SSSR count). The first kappa shape index (κ1) is 18.7. The van der Waals surface area contributed by atoms with Crippen LogP contribution in [0.4, 0.5) is 5.69 Å². The number of benzene rings is 2. The quantitative estimate of drug-likeness (QED) is 0.465. The first-order chi connectivity index (χ1) is 14.1. The molecule has 2 heterocycles. The number of hydrogen-bond acceptors (Lipinski definition) is 3. The first-order valence-electron chi connectivity index (χ1n) is 9.69. The van der Waals surface area contributed by atoms with E-state index < -0.39 is 0 Å². The van der Waals surface area contributed by atoms with Crippen LogP contribution in [0.1, 0.15) is 29.6 Å². The van der Waals surface area contributed by atoms with E-state index in [9.17, 15) is 4.79 Å². The molecule has 0 aliphatic rings. The Morgan fingerprint density at radius 2 is 1.83 bits per heavy atom. The molecule has 29 heavy (non-hydrogen) atoms. The number of aromatic nitrogens is 2. The second kappa shape index (κ2) is 7.80. The Morgan fingerprint density at radius 1 is 1.10 bits per heavy atom. The van der Waals surface area contributed by atoms with E-state index in [0.717, 1.165) is 51.5 Å². The minimum Gasteiger partial charge on any atom is -0.460 e. The third kappa shape index (κ3) is 3.59. The normalized spacial score (nSPS) is 11.4. The number of furan rings is 1. The molecule has 0 spiro atoms. The van der Waals surface area contributed by atoms with Gasteiger partial charge in [-0.1, -0.05) is 43.3 Å². The molecule has 0 fully saturated rings. The van der Waals surface area contributed by atoms with Gasteiger partial charge in [-0.3, -0.25) is 4.79 Å². The Kier molecular flexibility index (Phi) is 5.04. The van der Waals surface area contributed by atoms with Gasteiger partial charge in [-0.25, -0.2) is 4.68 Å². The highest BCUT2D eigenvalue weighted by molar-refractivity contribution is 6.04. The van der Waals surface area contributed by atoms with E-state index in [2.05, 4.69) is 10.4 Å². The molecule has 0 saturated heterocycles. The molecule has 0 aliphatic carbocycles. The van der Waals surface area contributed by atoms with Gasteiger partial charge >= 0.3 is 0 Å². The Hall–Kier alpha value is -3.60. The maximum absolute atomic E-state index is 12.6. The van der Waals surface area contributed by atoms with Crippen LogP contribution in [-0.2, 0) is 11.2 Å². The van der Waals surface area contributed by atoms with Gasteiger partial charge in [-0.15, -0.1) is 0 Å². The van der Waals surface area contributed by atoms with E-state index in [1.165, 1.54) is 0 Å². The number of carbonyl (C=O) groups excluding carboxylic acids is 1. The lowest BCUT2D eigenvalue weighted by atomic mass is 10.1. The van der Waals surface area contributed by atoms with Gasteiger partial charge < -0.3 is 9.73 Å². The lowest BCUT2D eigenvalue weighted by Crippen LogP contribution is -2.09. The molecule has 0 radical (unpaired) electrons. The summed E-state index contributed by atoms with van der Waals surface area (Å²) in [6.45, 7) is 5.88. The van der Waals surface area contributed by atoms with Crippen LogP contribution in [0.25, 0.3) is 22.7 Å². The number of carbonyl (C=O) groups is 1. The monoisotopic (exact) mass is 385 g/mol. The maximum atomic E-state index is 12.6. The predicted octanol–water partition coefficient (Wildman–Crippen LogP) is 5.45. The standard InChI is InChI=1S/C24H23N3O2/c1-4-21-20(19-12-8-9-13-22(19)29-21)14-15-23(28)25-24-16(2)26-27(17(24)3)18-10-6-5-7-11-18/h5-15H,4H2,1-3H3,(H,25,28)/b15-14+. The molecule has 2 aromatic carbocycles. The van der Waals surface area contributed by atoms with E-state index in [1.807, 2.05) is 86.1 Å². The van der Waals surface area contributed by atoms with Crippen LogP contribution in [0.5, 0.6) is 0 Å². The van der Waals surface area contributed by atoms with Crippen molar-refractivity contribution in [2.45, 2.75) is 27.2 Å². The van der Waals surface area contributed by atoms with Crippen molar-refractivity contribution in [3.63, 3.8) is 0 Å². The number of hydrogen-bond donors (Lipinski definition) is 1. The largest absolute Gasteiger partial charge is 0.460 e. The van der Waals surface area contributed by atoms with Gasteiger partial charge in [0, 0.05) is 23.4 Å². The number of anilines is 1. The summed E-state index contributed by atoms with van der Waals surface area (Å²) >= 11 is 0. The van der Waals surface area contributed by atoms with Crippen LogP contribution in [0.15, 0.2) is 65.1 Å². The Morgan fingerprint density at radius 3 is 2.59 bits per heavy atom. The molecule has 1 amide bonds. The average Bonchev–Trinajstić information content (AvgIpc) is 3.24. The molecular weight excluding hydrogens is 362 g/mol. The molecule has 0 unspecified atom stereocenters.